The number of aliphatic hydroxyl groups excluding tert-OH is 1. The highest BCUT2D eigenvalue weighted by molar-refractivity contribution is 4.73. The molecule has 2 heteroatoms. The van der Waals surface area contributed by atoms with Crippen molar-refractivity contribution >= 4 is 0 Å². The van der Waals surface area contributed by atoms with Crippen LogP contribution in [0.1, 0.15) is 32.6 Å². The Hall–Kier alpha value is -0.0800. The Morgan fingerprint density at radius 1 is 1.36 bits per heavy atom. The monoisotopic (exact) mass is 158 g/mol. The van der Waals surface area contributed by atoms with Crippen LogP contribution in [-0.2, 0) is 4.74 Å². The molecule has 0 amide bonds. The molecule has 1 rings (SSSR count). The van der Waals surface area contributed by atoms with Crippen molar-refractivity contribution in [3.63, 3.8) is 0 Å². The molecule has 0 radical (unpaired) electrons. The van der Waals surface area contributed by atoms with Crippen LogP contribution < -0.4 is 0 Å². The van der Waals surface area contributed by atoms with E-state index in [1.165, 1.54) is 19.3 Å². The lowest BCUT2D eigenvalue weighted by Crippen LogP contribution is -2.17. The van der Waals surface area contributed by atoms with E-state index in [2.05, 4.69) is 6.92 Å². The maximum absolute atomic E-state index is 9.36. The quantitative estimate of drug-likeness (QED) is 0.629. The van der Waals surface area contributed by atoms with E-state index in [0.717, 1.165) is 13.0 Å². The molecule has 0 bridgehead atoms. The minimum atomic E-state index is -0.188. The molecule has 66 valence electrons. The first-order valence-corrected chi connectivity index (χ1v) is 4.60. The normalized spacial score (nSPS) is 31.1. The van der Waals surface area contributed by atoms with Crippen molar-refractivity contribution in [2.24, 2.45) is 5.92 Å². The van der Waals surface area contributed by atoms with Gasteiger partial charge in [-0.15, -0.1) is 0 Å². The van der Waals surface area contributed by atoms with E-state index in [-0.39, 0.29) is 6.10 Å². The summed E-state index contributed by atoms with van der Waals surface area (Å²) in [6, 6.07) is 0. The van der Waals surface area contributed by atoms with Gasteiger partial charge in [0, 0.05) is 5.92 Å². The van der Waals surface area contributed by atoms with Crippen LogP contribution in [0.3, 0.4) is 0 Å². The first-order valence-electron chi connectivity index (χ1n) is 4.60. The Labute approximate surface area is 68.6 Å². The van der Waals surface area contributed by atoms with Crippen LogP contribution in [-0.4, -0.2) is 24.4 Å². The number of hydrogen-bond donors (Lipinski definition) is 1. The molecule has 0 saturated carbocycles. The fourth-order valence-corrected chi connectivity index (χ4v) is 1.52. The van der Waals surface area contributed by atoms with Crippen LogP contribution in [0.15, 0.2) is 0 Å². The molecule has 2 nitrogen and oxygen atoms in total. The van der Waals surface area contributed by atoms with Gasteiger partial charge in [0.1, 0.15) is 0 Å². The highest BCUT2D eigenvalue weighted by Gasteiger charge is 2.24. The molecule has 0 aromatic rings. The second-order valence-corrected chi connectivity index (χ2v) is 3.36. The first kappa shape index (κ1) is 9.01. The first-order chi connectivity index (χ1) is 5.34. The summed E-state index contributed by atoms with van der Waals surface area (Å²) < 4.78 is 5.15. The molecule has 1 heterocycles. The van der Waals surface area contributed by atoms with Gasteiger partial charge >= 0.3 is 0 Å². The van der Waals surface area contributed by atoms with E-state index in [0.29, 0.717) is 12.5 Å². The van der Waals surface area contributed by atoms with E-state index >= 15 is 0 Å². The van der Waals surface area contributed by atoms with Gasteiger partial charge in [-0.3, -0.25) is 0 Å². The van der Waals surface area contributed by atoms with Gasteiger partial charge in [-0.25, -0.2) is 0 Å². The highest BCUT2D eigenvalue weighted by Crippen LogP contribution is 2.19. The van der Waals surface area contributed by atoms with Crippen LogP contribution >= 0.6 is 0 Å². The van der Waals surface area contributed by atoms with E-state index in [1.807, 2.05) is 0 Å². The predicted octanol–water partition coefficient (Wildman–Crippen LogP) is 1.57. The molecular weight excluding hydrogens is 140 g/mol. The number of unbranched alkanes of at least 4 members (excludes halogenated alkanes) is 2. The van der Waals surface area contributed by atoms with Crippen molar-refractivity contribution in [1.82, 2.24) is 0 Å². The van der Waals surface area contributed by atoms with Crippen LogP contribution in [0.2, 0.25) is 0 Å². The van der Waals surface area contributed by atoms with Gasteiger partial charge in [0.2, 0.25) is 0 Å². The molecule has 1 saturated heterocycles. The van der Waals surface area contributed by atoms with Crippen molar-refractivity contribution in [2.45, 2.75) is 38.7 Å². The molecule has 2 atom stereocenters. The Morgan fingerprint density at radius 3 is 2.73 bits per heavy atom. The summed E-state index contributed by atoms with van der Waals surface area (Å²) in [6.07, 6.45) is 4.72. The highest BCUT2D eigenvalue weighted by atomic mass is 16.5. The second-order valence-electron chi connectivity index (χ2n) is 3.36. The lowest BCUT2D eigenvalue weighted by molar-refractivity contribution is 0.116. The molecule has 1 aliphatic heterocycles. The van der Waals surface area contributed by atoms with Crippen LogP contribution in [0.4, 0.5) is 0 Å². The molecular formula is C9H18O2. The van der Waals surface area contributed by atoms with Crippen LogP contribution in [0, 0.1) is 5.92 Å². The molecule has 0 aromatic carbocycles. The van der Waals surface area contributed by atoms with Crippen molar-refractivity contribution in [3.05, 3.63) is 0 Å². The SMILES string of the molecule is CCCCCC1COCC1O. The fraction of sp³-hybridized carbons (Fsp3) is 1.00. The molecule has 0 aromatic heterocycles. The lowest BCUT2D eigenvalue weighted by Gasteiger charge is -2.10. The fourth-order valence-electron chi connectivity index (χ4n) is 1.52. The average molecular weight is 158 g/mol. The summed E-state index contributed by atoms with van der Waals surface area (Å²) >= 11 is 0. The molecule has 2 unspecified atom stereocenters. The zero-order valence-electron chi connectivity index (χ0n) is 7.25. The summed E-state index contributed by atoms with van der Waals surface area (Å²) in [5.41, 5.74) is 0. The smallest absolute Gasteiger partial charge is 0.0823 e. The van der Waals surface area contributed by atoms with E-state index < -0.39 is 0 Å². The second kappa shape index (κ2) is 4.73. The van der Waals surface area contributed by atoms with E-state index in [1.54, 1.807) is 0 Å². The molecule has 0 spiro atoms. The zero-order chi connectivity index (χ0) is 8.10. The maximum atomic E-state index is 9.36. The largest absolute Gasteiger partial charge is 0.390 e. The van der Waals surface area contributed by atoms with Gasteiger partial charge in [0.05, 0.1) is 19.3 Å². The molecule has 1 aliphatic rings. The van der Waals surface area contributed by atoms with Crippen molar-refractivity contribution < 1.29 is 9.84 Å². The Balaban J connectivity index is 2.05. The standard InChI is InChI=1S/C9H18O2/c1-2-3-4-5-8-6-11-7-9(8)10/h8-10H,2-7H2,1H3. The Bertz CT molecular complexity index is 104. The molecule has 1 fully saturated rings. The van der Waals surface area contributed by atoms with Crippen molar-refractivity contribution in [3.8, 4) is 0 Å². The van der Waals surface area contributed by atoms with Gasteiger partial charge < -0.3 is 9.84 Å². The third-order valence-corrected chi connectivity index (χ3v) is 2.34. The number of ether oxygens (including phenoxy) is 1. The topological polar surface area (TPSA) is 29.5 Å². The Kier molecular flexibility index (Phi) is 3.87. The van der Waals surface area contributed by atoms with Gasteiger partial charge in [-0.2, -0.15) is 0 Å². The number of rotatable bonds is 4. The Morgan fingerprint density at radius 2 is 2.18 bits per heavy atom. The van der Waals surface area contributed by atoms with Gasteiger partial charge in [-0.05, 0) is 6.42 Å². The van der Waals surface area contributed by atoms with Crippen LogP contribution in [0.25, 0.3) is 0 Å². The maximum Gasteiger partial charge on any atom is 0.0823 e. The van der Waals surface area contributed by atoms with Crippen molar-refractivity contribution in [1.29, 1.82) is 0 Å². The summed E-state index contributed by atoms with van der Waals surface area (Å²) in [6.45, 7) is 3.52. The summed E-state index contributed by atoms with van der Waals surface area (Å²) in [5.74, 6) is 0.418. The summed E-state index contributed by atoms with van der Waals surface area (Å²) in [4.78, 5) is 0. The van der Waals surface area contributed by atoms with Crippen molar-refractivity contribution in [2.75, 3.05) is 13.2 Å². The van der Waals surface area contributed by atoms with Gasteiger partial charge in [-0.1, -0.05) is 26.2 Å². The van der Waals surface area contributed by atoms with Gasteiger partial charge in [0.25, 0.3) is 0 Å². The summed E-state index contributed by atoms with van der Waals surface area (Å²) in [7, 11) is 0. The minimum absolute atomic E-state index is 0.188. The third kappa shape index (κ3) is 2.80. The van der Waals surface area contributed by atoms with E-state index in [4.69, 9.17) is 4.74 Å². The van der Waals surface area contributed by atoms with E-state index in [9.17, 15) is 5.11 Å². The molecule has 11 heavy (non-hydrogen) atoms. The average Bonchev–Trinajstić information content (AvgIpc) is 2.37. The molecule has 0 aliphatic carbocycles. The zero-order valence-corrected chi connectivity index (χ0v) is 7.25. The minimum Gasteiger partial charge on any atom is -0.390 e. The van der Waals surface area contributed by atoms with Crippen LogP contribution in [0.5, 0.6) is 0 Å². The van der Waals surface area contributed by atoms with Gasteiger partial charge in [0.15, 0.2) is 0 Å². The lowest BCUT2D eigenvalue weighted by atomic mass is 9.99. The molecule has 1 N–H and O–H groups in total. The predicted molar refractivity (Wildman–Crippen MR) is 44.5 cm³/mol. The summed E-state index contributed by atoms with van der Waals surface area (Å²) in [5, 5.41) is 9.36. The number of aliphatic hydroxyl groups is 1. The number of hydrogen-bond acceptors (Lipinski definition) is 2. The third-order valence-electron chi connectivity index (χ3n) is 2.34.